The molecule has 0 bridgehead atoms. The maximum Gasteiger partial charge on any atom is 0.224 e. The quantitative estimate of drug-likeness (QED) is 0.808. The van der Waals surface area contributed by atoms with Gasteiger partial charge in [0.1, 0.15) is 0 Å². The van der Waals surface area contributed by atoms with Crippen LogP contribution >= 0.6 is 11.6 Å². The van der Waals surface area contributed by atoms with Gasteiger partial charge < -0.3 is 10.4 Å². The number of hydrogen-bond acceptors (Lipinski definition) is 2. The molecule has 0 aliphatic heterocycles. The summed E-state index contributed by atoms with van der Waals surface area (Å²) >= 11 is 5.80. The molecule has 0 radical (unpaired) electrons. The molecule has 0 unspecified atom stereocenters. The number of nitrogens with one attached hydrogen (secondary N) is 1. The van der Waals surface area contributed by atoms with Gasteiger partial charge in [-0.2, -0.15) is 0 Å². The van der Waals surface area contributed by atoms with Crippen LogP contribution in [0.1, 0.15) is 32.3 Å². The molecule has 0 saturated heterocycles. The molecule has 4 heteroatoms. The van der Waals surface area contributed by atoms with E-state index in [2.05, 4.69) is 19.2 Å². The van der Waals surface area contributed by atoms with Crippen LogP contribution in [0.25, 0.3) is 0 Å². The first-order chi connectivity index (χ1) is 8.93. The summed E-state index contributed by atoms with van der Waals surface area (Å²) in [6, 6.07) is 7.29. The maximum absolute atomic E-state index is 11.8. The lowest BCUT2D eigenvalue weighted by atomic mass is 9.88. The van der Waals surface area contributed by atoms with Crippen molar-refractivity contribution >= 4 is 17.5 Å². The average molecular weight is 284 g/mol. The van der Waals surface area contributed by atoms with E-state index in [1.807, 2.05) is 12.1 Å². The minimum atomic E-state index is 0.0123. The monoisotopic (exact) mass is 283 g/mol. The summed E-state index contributed by atoms with van der Waals surface area (Å²) in [5, 5.41) is 12.4. The third kappa shape index (κ3) is 6.60. The van der Waals surface area contributed by atoms with Crippen molar-refractivity contribution in [2.24, 2.45) is 5.41 Å². The van der Waals surface area contributed by atoms with Crippen LogP contribution in [-0.4, -0.2) is 24.2 Å². The largest absolute Gasteiger partial charge is 0.396 e. The zero-order chi connectivity index (χ0) is 14.3. The first-order valence-corrected chi connectivity index (χ1v) is 6.93. The summed E-state index contributed by atoms with van der Waals surface area (Å²) in [5.74, 6) is 0.0133. The van der Waals surface area contributed by atoms with Crippen LogP contribution in [0.3, 0.4) is 0 Å². The lowest BCUT2D eigenvalue weighted by Gasteiger charge is -2.24. The van der Waals surface area contributed by atoms with Crippen LogP contribution in [0.4, 0.5) is 0 Å². The molecule has 0 aliphatic carbocycles. The first kappa shape index (κ1) is 16.0. The SMILES string of the molecule is CC(C)(CCCO)CNC(=O)Cc1ccc(Cl)cc1. The Morgan fingerprint density at radius 3 is 2.53 bits per heavy atom. The Morgan fingerprint density at radius 1 is 1.32 bits per heavy atom. The highest BCUT2D eigenvalue weighted by Gasteiger charge is 2.18. The van der Waals surface area contributed by atoms with E-state index in [9.17, 15) is 4.79 Å². The Hall–Kier alpha value is -1.06. The Bertz CT molecular complexity index is 401. The minimum absolute atomic E-state index is 0.0123. The van der Waals surface area contributed by atoms with Gasteiger partial charge in [0.15, 0.2) is 0 Å². The van der Waals surface area contributed by atoms with Gasteiger partial charge >= 0.3 is 0 Å². The second kappa shape index (κ2) is 7.51. The van der Waals surface area contributed by atoms with Crippen LogP contribution in [0.2, 0.25) is 5.02 Å². The second-order valence-corrected chi connectivity index (χ2v) is 6.01. The van der Waals surface area contributed by atoms with E-state index in [-0.39, 0.29) is 17.9 Å². The van der Waals surface area contributed by atoms with E-state index in [0.717, 1.165) is 18.4 Å². The third-order valence-electron chi connectivity index (χ3n) is 3.05. The van der Waals surface area contributed by atoms with Gasteiger partial charge in [0.25, 0.3) is 0 Å². The topological polar surface area (TPSA) is 49.3 Å². The summed E-state index contributed by atoms with van der Waals surface area (Å²) in [6.07, 6.45) is 2.03. The number of benzene rings is 1. The Morgan fingerprint density at radius 2 is 1.95 bits per heavy atom. The molecule has 19 heavy (non-hydrogen) atoms. The smallest absolute Gasteiger partial charge is 0.224 e. The van der Waals surface area contributed by atoms with Gasteiger partial charge in [-0.15, -0.1) is 0 Å². The summed E-state index contributed by atoms with van der Waals surface area (Å²) < 4.78 is 0. The van der Waals surface area contributed by atoms with Gasteiger partial charge in [0.2, 0.25) is 5.91 Å². The maximum atomic E-state index is 11.8. The normalized spacial score (nSPS) is 11.4. The van der Waals surface area contributed by atoms with Crippen molar-refractivity contribution in [2.45, 2.75) is 33.1 Å². The van der Waals surface area contributed by atoms with Gasteiger partial charge in [-0.1, -0.05) is 37.6 Å². The van der Waals surface area contributed by atoms with Crippen LogP contribution in [0.5, 0.6) is 0 Å². The number of carbonyl (C=O) groups is 1. The number of aliphatic hydroxyl groups excluding tert-OH is 1. The molecule has 0 aromatic heterocycles. The minimum Gasteiger partial charge on any atom is -0.396 e. The summed E-state index contributed by atoms with van der Waals surface area (Å²) in [6.45, 7) is 5.00. The number of halogens is 1. The molecule has 0 fully saturated rings. The molecule has 0 atom stereocenters. The molecule has 3 nitrogen and oxygen atoms in total. The predicted octanol–water partition coefficient (Wildman–Crippen LogP) is 2.80. The number of aliphatic hydroxyl groups is 1. The van der Waals surface area contributed by atoms with Gasteiger partial charge in [-0.3, -0.25) is 4.79 Å². The van der Waals surface area contributed by atoms with Crippen LogP contribution in [0, 0.1) is 5.41 Å². The molecule has 1 aromatic carbocycles. The molecule has 0 spiro atoms. The molecular weight excluding hydrogens is 262 g/mol. The molecule has 1 aromatic rings. The highest BCUT2D eigenvalue weighted by molar-refractivity contribution is 6.30. The molecular formula is C15H22ClNO2. The Labute approximate surface area is 120 Å². The highest BCUT2D eigenvalue weighted by atomic mass is 35.5. The van der Waals surface area contributed by atoms with Crippen molar-refractivity contribution in [3.63, 3.8) is 0 Å². The zero-order valence-electron chi connectivity index (χ0n) is 11.6. The van der Waals surface area contributed by atoms with Crippen molar-refractivity contribution < 1.29 is 9.90 Å². The Kier molecular flexibility index (Phi) is 6.32. The van der Waals surface area contributed by atoms with Crippen molar-refractivity contribution in [1.82, 2.24) is 5.32 Å². The molecule has 2 N–H and O–H groups in total. The lowest BCUT2D eigenvalue weighted by Crippen LogP contribution is -2.35. The average Bonchev–Trinajstić information content (AvgIpc) is 2.37. The molecule has 0 aliphatic rings. The highest BCUT2D eigenvalue weighted by Crippen LogP contribution is 2.20. The predicted molar refractivity (Wildman–Crippen MR) is 78.3 cm³/mol. The number of carbonyl (C=O) groups excluding carboxylic acids is 1. The number of rotatable bonds is 7. The molecule has 1 amide bonds. The summed E-state index contributed by atoms with van der Waals surface area (Å²) in [5.41, 5.74) is 0.966. The fourth-order valence-corrected chi connectivity index (χ4v) is 1.96. The van der Waals surface area contributed by atoms with E-state index in [1.165, 1.54) is 0 Å². The van der Waals surface area contributed by atoms with Gasteiger partial charge in [0.05, 0.1) is 6.42 Å². The van der Waals surface area contributed by atoms with Crippen molar-refractivity contribution in [1.29, 1.82) is 0 Å². The first-order valence-electron chi connectivity index (χ1n) is 6.55. The number of amides is 1. The zero-order valence-corrected chi connectivity index (χ0v) is 12.3. The summed E-state index contributed by atoms with van der Waals surface area (Å²) in [4.78, 5) is 11.8. The van der Waals surface area contributed by atoms with Gasteiger partial charge in [-0.05, 0) is 36.0 Å². The van der Waals surface area contributed by atoms with Crippen molar-refractivity contribution in [3.8, 4) is 0 Å². The summed E-state index contributed by atoms with van der Waals surface area (Å²) in [7, 11) is 0. The molecule has 1 rings (SSSR count). The van der Waals surface area contributed by atoms with Gasteiger partial charge in [-0.25, -0.2) is 0 Å². The molecule has 0 heterocycles. The fraction of sp³-hybridized carbons (Fsp3) is 0.533. The molecule has 106 valence electrons. The third-order valence-corrected chi connectivity index (χ3v) is 3.31. The standard InChI is InChI=1S/C15H22ClNO2/c1-15(2,8-3-9-18)11-17-14(19)10-12-4-6-13(16)7-5-12/h4-7,18H,3,8-11H2,1-2H3,(H,17,19). The van der Waals surface area contributed by atoms with Crippen LogP contribution in [-0.2, 0) is 11.2 Å². The lowest BCUT2D eigenvalue weighted by molar-refractivity contribution is -0.120. The van der Waals surface area contributed by atoms with Crippen molar-refractivity contribution in [2.75, 3.05) is 13.2 Å². The van der Waals surface area contributed by atoms with E-state index >= 15 is 0 Å². The molecule has 0 saturated carbocycles. The van der Waals surface area contributed by atoms with E-state index in [1.54, 1.807) is 12.1 Å². The van der Waals surface area contributed by atoms with Crippen LogP contribution in [0.15, 0.2) is 24.3 Å². The second-order valence-electron chi connectivity index (χ2n) is 5.57. The fourth-order valence-electron chi connectivity index (χ4n) is 1.83. The van der Waals surface area contributed by atoms with Crippen LogP contribution < -0.4 is 5.32 Å². The van der Waals surface area contributed by atoms with E-state index in [0.29, 0.717) is 18.0 Å². The van der Waals surface area contributed by atoms with Crippen molar-refractivity contribution in [3.05, 3.63) is 34.9 Å². The van der Waals surface area contributed by atoms with E-state index in [4.69, 9.17) is 16.7 Å². The Balaban J connectivity index is 2.37. The van der Waals surface area contributed by atoms with Gasteiger partial charge in [0, 0.05) is 18.2 Å². The number of hydrogen-bond donors (Lipinski definition) is 2. The van der Waals surface area contributed by atoms with E-state index < -0.39 is 0 Å².